The van der Waals surface area contributed by atoms with E-state index < -0.39 is 29.9 Å². The van der Waals surface area contributed by atoms with Crippen LogP contribution in [0.2, 0.25) is 0 Å². The summed E-state index contributed by atoms with van der Waals surface area (Å²) in [7, 11) is 0. The van der Waals surface area contributed by atoms with E-state index in [1.807, 2.05) is 22.3 Å². The Labute approximate surface area is 218 Å². The summed E-state index contributed by atoms with van der Waals surface area (Å²) >= 11 is 0.683. The number of imide groups is 1. The first kappa shape index (κ1) is 26.1. The predicted molar refractivity (Wildman–Crippen MR) is 129 cm³/mol. The molecular formula is C24H24F3N5O5S. The van der Waals surface area contributed by atoms with Crippen LogP contribution in [0.3, 0.4) is 0 Å². The molecule has 2 saturated heterocycles. The second-order valence-corrected chi connectivity index (χ2v) is 10.7. The van der Waals surface area contributed by atoms with Crippen molar-refractivity contribution in [3.8, 4) is 0 Å². The van der Waals surface area contributed by atoms with Crippen LogP contribution in [0, 0.1) is 0 Å². The first-order valence-corrected chi connectivity index (χ1v) is 12.9. The monoisotopic (exact) mass is 551 g/mol. The lowest BCUT2D eigenvalue weighted by molar-refractivity contribution is -0.141. The van der Waals surface area contributed by atoms with Crippen LogP contribution in [0.5, 0.6) is 0 Å². The van der Waals surface area contributed by atoms with Crippen LogP contribution in [-0.2, 0) is 28.9 Å². The maximum atomic E-state index is 13.4. The van der Waals surface area contributed by atoms with Crippen molar-refractivity contribution in [2.75, 3.05) is 18.4 Å². The SMILES string of the molecule is O=C(O)Nc1nc(C(F)(F)F)c(CN2CCC(c3ccc4c(c3)CN(C3CCC(=O)NC3=O)C4=O)CC2)s1. The minimum absolute atomic E-state index is 0.0140. The van der Waals surface area contributed by atoms with E-state index in [9.17, 15) is 32.3 Å². The Hall–Kier alpha value is -3.52. The van der Waals surface area contributed by atoms with Gasteiger partial charge in [-0.1, -0.05) is 23.5 Å². The Morgan fingerprint density at radius 3 is 2.58 bits per heavy atom. The van der Waals surface area contributed by atoms with Gasteiger partial charge in [0.15, 0.2) is 10.8 Å². The molecule has 3 aliphatic heterocycles. The van der Waals surface area contributed by atoms with Crippen molar-refractivity contribution in [2.24, 2.45) is 0 Å². The number of amides is 4. The minimum Gasteiger partial charge on any atom is -0.465 e. The summed E-state index contributed by atoms with van der Waals surface area (Å²) in [4.78, 5) is 54.3. The number of carbonyl (C=O) groups excluding carboxylic acids is 3. The molecule has 38 heavy (non-hydrogen) atoms. The number of rotatable bonds is 5. The first-order valence-electron chi connectivity index (χ1n) is 12.1. The molecule has 1 unspecified atom stereocenters. The molecule has 3 N–H and O–H groups in total. The van der Waals surface area contributed by atoms with Crippen molar-refractivity contribution in [2.45, 2.75) is 56.9 Å². The number of benzene rings is 1. The predicted octanol–water partition coefficient (Wildman–Crippen LogP) is 3.39. The maximum Gasteiger partial charge on any atom is 0.434 e. The van der Waals surface area contributed by atoms with E-state index in [0.29, 0.717) is 49.3 Å². The standard InChI is InChI=1S/C24H24F3N5O5S/c25-24(26,27)19-17(38-22(29-19)30-23(36)37)11-31-7-5-12(6-8-31)13-1-2-15-14(9-13)10-32(21(15)35)16-3-4-18(33)28-20(16)34/h1-2,9,12,16H,3-8,10-11H2,(H,29,30)(H,36,37)(H,28,33,34). The molecule has 5 rings (SSSR count). The highest BCUT2D eigenvalue weighted by atomic mass is 32.1. The third-order valence-electron chi connectivity index (χ3n) is 7.15. The number of nitrogens with one attached hydrogen (secondary N) is 2. The van der Waals surface area contributed by atoms with E-state index in [0.717, 1.165) is 11.1 Å². The molecule has 4 heterocycles. The number of piperidine rings is 2. The molecule has 0 bridgehead atoms. The Morgan fingerprint density at radius 1 is 1.18 bits per heavy atom. The van der Waals surface area contributed by atoms with Crippen molar-refractivity contribution in [1.29, 1.82) is 0 Å². The van der Waals surface area contributed by atoms with Gasteiger partial charge in [0.2, 0.25) is 11.8 Å². The summed E-state index contributed by atoms with van der Waals surface area (Å²) in [5, 5.41) is 12.7. The normalized spacial score (nSPS) is 21.0. The number of aromatic nitrogens is 1. The van der Waals surface area contributed by atoms with Crippen LogP contribution in [-0.4, -0.2) is 62.8 Å². The van der Waals surface area contributed by atoms with Gasteiger partial charge in [-0.25, -0.2) is 9.78 Å². The zero-order chi connectivity index (χ0) is 27.2. The zero-order valence-electron chi connectivity index (χ0n) is 20.0. The molecule has 202 valence electrons. The third-order valence-corrected chi connectivity index (χ3v) is 8.11. The van der Waals surface area contributed by atoms with Gasteiger partial charge in [0.1, 0.15) is 6.04 Å². The molecule has 0 radical (unpaired) electrons. The molecule has 0 aliphatic carbocycles. The van der Waals surface area contributed by atoms with Crippen LogP contribution < -0.4 is 10.6 Å². The van der Waals surface area contributed by atoms with Gasteiger partial charge in [-0.15, -0.1) is 0 Å². The molecule has 10 nitrogen and oxygen atoms in total. The van der Waals surface area contributed by atoms with E-state index >= 15 is 0 Å². The number of hydrogen-bond donors (Lipinski definition) is 3. The van der Waals surface area contributed by atoms with Gasteiger partial charge in [0.25, 0.3) is 5.91 Å². The lowest BCUT2D eigenvalue weighted by atomic mass is 9.88. The molecule has 14 heteroatoms. The van der Waals surface area contributed by atoms with Crippen LogP contribution in [0.1, 0.15) is 63.7 Å². The highest BCUT2D eigenvalue weighted by molar-refractivity contribution is 7.15. The lowest BCUT2D eigenvalue weighted by Crippen LogP contribution is -2.52. The summed E-state index contributed by atoms with van der Waals surface area (Å²) in [6, 6.07) is 4.93. The Balaban J connectivity index is 1.23. The van der Waals surface area contributed by atoms with E-state index in [1.54, 1.807) is 6.07 Å². The van der Waals surface area contributed by atoms with Gasteiger partial charge < -0.3 is 10.0 Å². The van der Waals surface area contributed by atoms with E-state index in [2.05, 4.69) is 10.3 Å². The van der Waals surface area contributed by atoms with Gasteiger partial charge in [-0.2, -0.15) is 13.2 Å². The fraction of sp³-hybridized carbons (Fsp3) is 0.458. The highest BCUT2D eigenvalue weighted by Crippen LogP contribution is 2.38. The molecule has 2 aromatic rings. The third kappa shape index (κ3) is 5.23. The fourth-order valence-corrected chi connectivity index (χ4v) is 6.31. The number of halogens is 3. The quantitative estimate of drug-likeness (QED) is 0.486. The summed E-state index contributed by atoms with van der Waals surface area (Å²) in [5.41, 5.74) is 1.31. The van der Waals surface area contributed by atoms with Crippen LogP contribution >= 0.6 is 11.3 Å². The molecule has 4 amide bonds. The number of nitrogens with zero attached hydrogens (tertiary/aromatic N) is 3. The van der Waals surface area contributed by atoms with Crippen LogP contribution in [0.25, 0.3) is 0 Å². The number of likely N-dealkylation sites (tertiary alicyclic amines) is 1. The molecular weight excluding hydrogens is 527 g/mol. The number of carbonyl (C=O) groups is 4. The Kier molecular flexibility index (Phi) is 6.86. The Bertz CT molecular complexity index is 1300. The van der Waals surface area contributed by atoms with Crippen LogP contribution in [0.15, 0.2) is 18.2 Å². The molecule has 1 aromatic carbocycles. The minimum atomic E-state index is -4.69. The maximum absolute atomic E-state index is 13.4. The molecule has 1 atom stereocenters. The van der Waals surface area contributed by atoms with Gasteiger partial charge >= 0.3 is 12.3 Å². The highest BCUT2D eigenvalue weighted by Gasteiger charge is 2.40. The number of carboxylic acid groups (broad SMARTS) is 1. The van der Waals surface area contributed by atoms with Crippen molar-refractivity contribution >= 4 is 40.3 Å². The Morgan fingerprint density at radius 2 is 1.92 bits per heavy atom. The van der Waals surface area contributed by atoms with E-state index in [1.165, 1.54) is 4.90 Å². The van der Waals surface area contributed by atoms with E-state index in [4.69, 9.17) is 5.11 Å². The smallest absolute Gasteiger partial charge is 0.434 e. The molecule has 3 aliphatic rings. The summed E-state index contributed by atoms with van der Waals surface area (Å²) in [6.07, 6.45) is -4.29. The zero-order valence-corrected chi connectivity index (χ0v) is 20.8. The van der Waals surface area contributed by atoms with Crippen molar-refractivity contribution in [3.63, 3.8) is 0 Å². The average molecular weight is 552 g/mol. The second kappa shape index (κ2) is 9.98. The van der Waals surface area contributed by atoms with Gasteiger partial charge in [-0.3, -0.25) is 29.9 Å². The first-order chi connectivity index (χ1) is 18.0. The lowest BCUT2D eigenvalue weighted by Gasteiger charge is -2.32. The van der Waals surface area contributed by atoms with Crippen molar-refractivity contribution < 1.29 is 37.5 Å². The number of fused-ring (bicyclic) bond motifs is 1. The largest absolute Gasteiger partial charge is 0.465 e. The van der Waals surface area contributed by atoms with Crippen molar-refractivity contribution in [1.82, 2.24) is 20.1 Å². The van der Waals surface area contributed by atoms with E-state index in [-0.39, 0.29) is 47.3 Å². The number of anilines is 1. The van der Waals surface area contributed by atoms with Crippen LogP contribution in [0.4, 0.5) is 23.1 Å². The molecule has 2 fully saturated rings. The van der Waals surface area contributed by atoms with Gasteiger partial charge in [0.05, 0.1) is 4.88 Å². The number of hydrogen-bond acceptors (Lipinski definition) is 7. The average Bonchev–Trinajstić information content (AvgIpc) is 3.39. The molecule has 0 saturated carbocycles. The van der Waals surface area contributed by atoms with Gasteiger partial charge in [-0.05, 0) is 55.5 Å². The molecule has 0 spiro atoms. The van der Waals surface area contributed by atoms with Gasteiger partial charge in [0, 0.05) is 25.1 Å². The summed E-state index contributed by atoms with van der Waals surface area (Å²) < 4.78 is 40.3. The second-order valence-electron chi connectivity index (χ2n) is 9.59. The van der Waals surface area contributed by atoms with Crippen molar-refractivity contribution in [3.05, 3.63) is 45.5 Å². The number of alkyl halides is 3. The topological polar surface area (TPSA) is 132 Å². The molecule has 1 aromatic heterocycles. The summed E-state index contributed by atoms with van der Waals surface area (Å²) in [6.45, 7) is 1.38. The summed E-state index contributed by atoms with van der Waals surface area (Å²) in [5.74, 6) is -0.886. The fourth-order valence-electron chi connectivity index (χ4n) is 5.30. The number of thiazole rings is 1.